The van der Waals surface area contributed by atoms with Crippen LogP contribution in [0.15, 0.2) is 22.7 Å². The third-order valence-corrected chi connectivity index (χ3v) is 4.27. The third-order valence-electron chi connectivity index (χ3n) is 3.06. The summed E-state index contributed by atoms with van der Waals surface area (Å²) in [7, 11) is 0. The van der Waals surface area contributed by atoms with Crippen molar-refractivity contribution in [3.05, 3.63) is 33.3 Å². The van der Waals surface area contributed by atoms with Crippen LogP contribution >= 0.6 is 27.5 Å². The standard InChI is InChI=1S/C12H11BrClNO2/c13-9-5-8(1-2-10(9)14)11(16)12(6-15)3-4-17-7-12/h1-2,5,11,16H,3-4,7H2. The van der Waals surface area contributed by atoms with Crippen LogP contribution in [0.5, 0.6) is 0 Å². The van der Waals surface area contributed by atoms with E-state index >= 15 is 0 Å². The first-order chi connectivity index (χ1) is 8.09. The van der Waals surface area contributed by atoms with Gasteiger partial charge in [0.15, 0.2) is 0 Å². The number of nitriles is 1. The Labute approximate surface area is 113 Å². The molecular formula is C12H11BrClNO2. The third kappa shape index (κ3) is 2.34. The zero-order valence-electron chi connectivity index (χ0n) is 8.99. The second-order valence-corrected chi connectivity index (χ2v) is 5.41. The number of aliphatic hydroxyl groups excluding tert-OH is 1. The molecule has 1 aromatic rings. The van der Waals surface area contributed by atoms with E-state index in [9.17, 15) is 10.4 Å². The number of hydrogen-bond acceptors (Lipinski definition) is 3. The molecule has 3 nitrogen and oxygen atoms in total. The predicted molar refractivity (Wildman–Crippen MR) is 67.6 cm³/mol. The van der Waals surface area contributed by atoms with Gasteiger partial charge in [-0.3, -0.25) is 0 Å². The minimum Gasteiger partial charge on any atom is -0.387 e. The van der Waals surface area contributed by atoms with E-state index in [0.717, 1.165) is 0 Å². The summed E-state index contributed by atoms with van der Waals surface area (Å²) in [6.45, 7) is 0.782. The first-order valence-corrected chi connectivity index (χ1v) is 6.38. The van der Waals surface area contributed by atoms with Crippen molar-refractivity contribution in [2.45, 2.75) is 12.5 Å². The lowest BCUT2D eigenvalue weighted by Gasteiger charge is -2.25. The fourth-order valence-electron chi connectivity index (χ4n) is 1.95. The molecule has 0 spiro atoms. The van der Waals surface area contributed by atoms with Crippen LogP contribution in [0, 0.1) is 16.7 Å². The number of aliphatic hydroxyl groups is 1. The van der Waals surface area contributed by atoms with E-state index in [-0.39, 0.29) is 6.61 Å². The summed E-state index contributed by atoms with van der Waals surface area (Å²) in [6, 6.07) is 7.36. The Kier molecular flexibility index (Phi) is 3.74. The van der Waals surface area contributed by atoms with Crippen molar-refractivity contribution in [2.75, 3.05) is 13.2 Å². The summed E-state index contributed by atoms with van der Waals surface area (Å²) in [4.78, 5) is 0. The molecule has 17 heavy (non-hydrogen) atoms. The van der Waals surface area contributed by atoms with Gasteiger partial charge < -0.3 is 9.84 Å². The van der Waals surface area contributed by atoms with Crippen molar-refractivity contribution in [3.8, 4) is 6.07 Å². The van der Waals surface area contributed by atoms with Crippen LogP contribution in [0.1, 0.15) is 18.1 Å². The van der Waals surface area contributed by atoms with Crippen molar-refractivity contribution < 1.29 is 9.84 Å². The van der Waals surface area contributed by atoms with Crippen LogP contribution in [0.4, 0.5) is 0 Å². The molecule has 0 aliphatic carbocycles. The first kappa shape index (κ1) is 12.8. The maximum Gasteiger partial charge on any atom is 0.113 e. The predicted octanol–water partition coefficient (Wildman–Crippen LogP) is 3.07. The normalized spacial score (nSPS) is 25.5. The molecule has 2 rings (SSSR count). The van der Waals surface area contributed by atoms with Gasteiger partial charge in [-0.25, -0.2) is 0 Å². The van der Waals surface area contributed by atoms with Gasteiger partial charge in [-0.2, -0.15) is 5.26 Å². The molecule has 1 aromatic carbocycles. The van der Waals surface area contributed by atoms with Crippen molar-refractivity contribution in [1.29, 1.82) is 5.26 Å². The van der Waals surface area contributed by atoms with E-state index in [1.807, 2.05) is 0 Å². The summed E-state index contributed by atoms with van der Waals surface area (Å²) in [5, 5.41) is 20.1. The first-order valence-electron chi connectivity index (χ1n) is 5.21. The molecule has 5 heteroatoms. The smallest absolute Gasteiger partial charge is 0.113 e. The molecule has 1 fully saturated rings. The van der Waals surface area contributed by atoms with Gasteiger partial charge >= 0.3 is 0 Å². The minimum atomic E-state index is -0.858. The fraction of sp³-hybridized carbons (Fsp3) is 0.417. The van der Waals surface area contributed by atoms with Crippen LogP contribution < -0.4 is 0 Å². The van der Waals surface area contributed by atoms with Crippen molar-refractivity contribution in [2.24, 2.45) is 5.41 Å². The molecule has 1 N–H and O–H groups in total. The number of ether oxygens (including phenoxy) is 1. The van der Waals surface area contributed by atoms with Crippen LogP contribution in [-0.4, -0.2) is 18.3 Å². The average molecular weight is 317 g/mol. The van der Waals surface area contributed by atoms with E-state index in [4.69, 9.17) is 16.3 Å². The zero-order valence-corrected chi connectivity index (χ0v) is 11.3. The zero-order chi connectivity index (χ0) is 12.5. The minimum absolute atomic E-state index is 0.269. The van der Waals surface area contributed by atoms with Crippen LogP contribution in [0.25, 0.3) is 0 Å². The van der Waals surface area contributed by atoms with Gasteiger partial charge in [0.05, 0.1) is 23.8 Å². The Balaban J connectivity index is 2.33. The molecule has 2 unspecified atom stereocenters. The lowest BCUT2D eigenvalue weighted by atomic mass is 9.80. The number of rotatable bonds is 2. The molecule has 90 valence electrons. The number of halogens is 2. The number of benzene rings is 1. The Morgan fingerprint density at radius 3 is 2.88 bits per heavy atom. The topological polar surface area (TPSA) is 53.2 Å². The number of hydrogen-bond donors (Lipinski definition) is 1. The van der Waals surface area contributed by atoms with E-state index in [2.05, 4.69) is 22.0 Å². The van der Waals surface area contributed by atoms with E-state index < -0.39 is 11.5 Å². The van der Waals surface area contributed by atoms with Gasteiger partial charge in [0.1, 0.15) is 5.41 Å². The summed E-state index contributed by atoms with van der Waals surface area (Å²) in [5.41, 5.74) is -0.166. The van der Waals surface area contributed by atoms with Crippen LogP contribution in [0.3, 0.4) is 0 Å². The summed E-state index contributed by atoms with van der Waals surface area (Å²) >= 11 is 9.20. The highest BCUT2D eigenvalue weighted by Gasteiger charge is 2.43. The highest BCUT2D eigenvalue weighted by Crippen LogP contribution is 2.41. The molecule has 2 atom stereocenters. The van der Waals surface area contributed by atoms with E-state index in [1.54, 1.807) is 18.2 Å². The largest absolute Gasteiger partial charge is 0.387 e. The fourth-order valence-corrected chi connectivity index (χ4v) is 2.46. The SMILES string of the molecule is N#CC1(C(O)c2ccc(Cl)c(Br)c2)CCOC1. The maximum absolute atomic E-state index is 10.3. The Morgan fingerprint density at radius 1 is 1.59 bits per heavy atom. The van der Waals surface area contributed by atoms with Gasteiger partial charge in [-0.1, -0.05) is 17.7 Å². The van der Waals surface area contributed by atoms with Gasteiger partial charge in [0.2, 0.25) is 0 Å². The molecule has 1 aliphatic heterocycles. The van der Waals surface area contributed by atoms with Crippen molar-refractivity contribution in [1.82, 2.24) is 0 Å². The number of nitrogens with zero attached hydrogens (tertiary/aromatic N) is 1. The van der Waals surface area contributed by atoms with E-state index in [1.165, 1.54) is 0 Å². The van der Waals surface area contributed by atoms with Gasteiger partial charge in [0, 0.05) is 11.1 Å². The lowest BCUT2D eigenvalue weighted by molar-refractivity contribution is 0.0504. The molecule has 1 saturated heterocycles. The molecule has 0 aromatic heterocycles. The molecule has 0 amide bonds. The quantitative estimate of drug-likeness (QED) is 0.912. The molecule has 1 aliphatic rings. The molecule has 0 bridgehead atoms. The highest BCUT2D eigenvalue weighted by molar-refractivity contribution is 9.10. The summed E-state index contributed by atoms with van der Waals surface area (Å²) in [6.07, 6.45) is -0.311. The van der Waals surface area contributed by atoms with Gasteiger partial charge in [-0.15, -0.1) is 0 Å². The molecule has 1 heterocycles. The summed E-state index contributed by atoms with van der Waals surface area (Å²) < 4.78 is 5.94. The lowest BCUT2D eigenvalue weighted by Crippen LogP contribution is -2.27. The monoisotopic (exact) mass is 315 g/mol. The van der Waals surface area contributed by atoms with E-state index in [0.29, 0.717) is 28.1 Å². The highest BCUT2D eigenvalue weighted by atomic mass is 79.9. The second-order valence-electron chi connectivity index (χ2n) is 4.15. The van der Waals surface area contributed by atoms with Crippen molar-refractivity contribution in [3.63, 3.8) is 0 Å². The Hall–Kier alpha value is -0.600. The second kappa shape index (κ2) is 4.95. The molecule has 0 saturated carbocycles. The molecular weight excluding hydrogens is 305 g/mol. The summed E-state index contributed by atoms with van der Waals surface area (Å²) in [5.74, 6) is 0. The Morgan fingerprint density at radius 2 is 2.35 bits per heavy atom. The van der Waals surface area contributed by atoms with Gasteiger partial charge in [0.25, 0.3) is 0 Å². The molecule has 0 radical (unpaired) electrons. The van der Waals surface area contributed by atoms with Gasteiger partial charge in [-0.05, 0) is 40.0 Å². The van der Waals surface area contributed by atoms with Crippen molar-refractivity contribution >= 4 is 27.5 Å². The Bertz CT molecular complexity index is 466. The van der Waals surface area contributed by atoms with Crippen LogP contribution in [-0.2, 0) is 4.74 Å². The maximum atomic E-state index is 10.3. The average Bonchev–Trinajstić information content (AvgIpc) is 2.81. The van der Waals surface area contributed by atoms with Crippen LogP contribution in [0.2, 0.25) is 5.02 Å².